The molecule has 3 N–H and O–H groups in total. The molecule has 1 rings (SSSR count). The summed E-state index contributed by atoms with van der Waals surface area (Å²) >= 11 is 0. The predicted molar refractivity (Wildman–Crippen MR) is 123 cm³/mol. The Hall–Kier alpha value is -3.05. The van der Waals surface area contributed by atoms with E-state index in [2.05, 4.69) is 23.5 Å². The number of alkyl carbamates (subject to hydrolysis) is 1. The zero-order valence-electron chi connectivity index (χ0n) is 19.4. The van der Waals surface area contributed by atoms with Crippen molar-refractivity contribution in [3.63, 3.8) is 0 Å². The number of aliphatic hydroxyl groups excluding tert-OH is 1. The third-order valence-electron chi connectivity index (χ3n) is 4.49. The minimum absolute atomic E-state index is 0.110. The average Bonchev–Trinajstić information content (AvgIpc) is 2.73. The number of benzene rings is 1. The standard InChI is InChI=1S/C24H35N3O5/c1-6-8-11-14-25-22(30)21(19-13-10-9-12-18(19)7-2)27(15-16-28)20(29)17-26-23(31)32-24(3,4)5/h2,9-10,12-13,21,28H,6,8,11,14-17H2,1,3-5H3,(H,25,30)(H,26,31). The molecule has 0 heterocycles. The maximum absolute atomic E-state index is 13.2. The Balaban J connectivity index is 3.15. The first-order valence-corrected chi connectivity index (χ1v) is 10.8. The Labute approximate surface area is 190 Å². The summed E-state index contributed by atoms with van der Waals surface area (Å²) in [7, 11) is 0. The average molecular weight is 446 g/mol. The highest BCUT2D eigenvalue weighted by molar-refractivity contribution is 5.91. The number of hydrogen-bond donors (Lipinski definition) is 3. The fourth-order valence-electron chi connectivity index (χ4n) is 3.07. The third kappa shape index (κ3) is 8.98. The van der Waals surface area contributed by atoms with Gasteiger partial charge in [0.25, 0.3) is 0 Å². The summed E-state index contributed by atoms with van der Waals surface area (Å²) in [4.78, 5) is 39.4. The second-order valence-corrected chi connectivity index (χ2v) is 8.30. The number of nitrogens with one attached hydrogen (secondary N) is 2. The highest BCUT2D eigenvalue weighted by Gasteiger charge is 2.32. The molecule has 0 saturated carbocycles. The van der Waals surface area contributed by atoms with E-state index in [4.69, 9.17) is 11.2 Å². The molecule has 8 nitrogen and oxygen atoms in total. The summed E-state index contributed by atoms with van der Waals surface area (Å²) in [5.74, 6) is 1.60. The van der Waals surface area contributed by atoms with Crippen molar-refractivity contribution in [2.24, 2.45) is 0 Å². The van der Waals surface area contributed by atoms with E-state index in [0.717, 1.165) is 19.3 Å². The first-order valence-electron chi connectivity index (χ1n) is 10.8. The number of carbonyl (C=O) groups is 3. The van der Waals surface area contributed by atoms with Gasteiger partial charge in [0.05, 0.1) is 6.61 Å². The molecule has 0 aromatic heterocycles. The Kier molecular flexibility index (Phi) is 11.3. The van der Waals surface area contributed by atoms with Gasteiger partial charge in [0.2, 0.25) is 11.8 Å². The molecule has 1 unspecified atom stereocenters. The Morgan fingerprint density at radius 1 is 1.19 bits per heavy atom. The molecule has 0 aliphatic rings. The number of rotatable bonds is 11. The van der Waals surface area contributed by atoms with Gasteiger partial charge in [-0.1, -0.05) is 43.9 Å². The molecule has 0 bridgehead atoms. The van der Waals surface area contributed by atoms with Crippen LogP contribution in [0, 0.1) is 12.3 Å². The number of nitrogens with zero attached hydrogens (tertiary/aromatic N) is 1. The molecule has 0 spiro atoms. The maximum Gasteiger partial charge on any atom is 0.408 e. The molecule has 8 heteroatoms. The molecule has 1 aromatic rings. The van der Waals surface area contributed by atoms with Gasteiger partial charge in [-0.2, -0.15) is 0 Å². The summed E-state index contributed by atoms with van der Waals surface area (Å²) in [5.41, 5.74) is 0.226. The number of ether oxygens (including phenoxy) is 1. The minimum Gasteiger partial charge on any atom is -0.444 e. The van der Waals surface area contributed by atoms with Gasteiger partial charge in [-0.3, -0.25) is 9.59 Å². The third-order valence-corrected chi connectivity index (χ3v) is 4.49. The molecular formula is C24H35N3O5. The molecule has 1 atom stereocenters. The van der Waals surface area contributed by atoms with Crippen LogP contribution in [0.4, 0.5) is 4.79 Å². The van der Waals surface area contributed by atoms with Crippen molar-refractivity contribution < 1.29 is 24.2 Å². The zero-order chi connectivity index (χ0) is 24.1. The van der Waals surface area contributed by atoms with Gasteiger partial charge in [0.1, 0.15) is 18.2 Å². The fraction of sp³-hybridized carbons (Fsp3) is 0.542. The lowest BCUT2D eigenvalue weighted by Crippen LogP contribution is -2.49. The summed E-state index contributed by atoms with van der Waals surface area (Å²) in [6.07, 6.45) is 7.65. The lowest BCUT2D eigenvalue weighted by Gasteiger charge is -2.31. The number of terminal acetylenes is 1. The Morgan fingerprint density at radius 2 is 1.88 bits per heavy atom. The largest absolute Gasteiger partial charge is 0.444 e. The van der Waals surface area contributed by atoms with Crippen LogP contribution < -0.4 is 10.6 Å². The molecule has 0 saturated heterocycles. The predicted octanol–water partition coefficient (Wildman–Crippen LogP) is 2.36. The lowest BCUT2D eigenvalue weighted by molar-refractivity contribution is -0.140. The van der Waals surface area contributed by atoms with Crippen molar-refractivity contribution in [3.05, 3.63) is 35.4 Å². The molecule has 0 aliphatic carbocycles. The van der Waals surface area contributed by atoms with Gasteiger partial charge in [-0.15, -0.1) is 6.42 Å². The smallest absolute Gasteiger partial charge is 0.408 e. The topological polar surface area (TPSA) is 108 Å². The molecule has 32 heavy (non-hydrogen) atoms. The minimum atomic E-state index is -1.05. The summed E-state index contributed by atoms with van der Waals surface area (Å²) in [6.45, 7) is 6.78. The monoisotopic (exact) mass is 445 g/mol. The number of hydrogen-bond acceptors (Lipinski definition) is 5. The first kappa shape index (κ1) is 27.0. The summed E-state index contributed by atoms with van der Waals surface area (Å²) in [5, 5.41) is 14.9. The van der Waals surface area contributed by atoms with Crippen LogP contribution in [0.1, 0.15) is 64.1 Å². The lowest BCUT2D eigenvalue weighted by atomic mass is 9.98. The van der Waals surface area contributed by atoms with E-state index in [1.807, 2.05) is 0 Å². The highest BCUT2D eigenvalue weighted by atomic mass is 16.6. The van der Waals surface area contributed by atoms with Gasteiger partial charge in [-0.05, 0) is 38.8 Å². The summed E-state index contributed by atoms with van der Waals surface area (Å²) in [6, 6.07) is 5.80. The molecule has 176 valence electrons. The quantitative estimate of drug-likeness (QED) is 0.358. The molecule has 3 amide bonds. The maximum atomic E-state index is 13.2. The van der Waals surface area contributed by atoms with Gasteiger partial charge >= 0.3 is 6.09 Å². The molecule has 0 radical (unpaired) electrons. The van der Waals surface area contributed by atoms with Crippen LogP contribution in [-0.4, -0.2) is 59.8 Å². The van der Waals surface area contributed by atoms with E-state index in [0.29, 0.717) is 17.7 Å². The Morgan fingerprint density at radius 3 is 2.47 bits per heavy atom. The number of amides is 3. The number of carbonyl (C=O) groups excluding carboxylic acids is 3. The van der Waals surface area contributed by atoms with Crippen LogP contribution in [0.25, 0.3) is 0 Å². The van der Waals surface area contributed by atoms with E-state index in [9.17, 15) is 19.5 Å². The van der Waals surface area contributed by atoms with E-state index in [1.165, 1.54) is 4.90 Å². The molecule has 0 aliphatic heterocycles. The summed E-state index contributed by atoms with van der Waals surface area (Å²) < 4.78 is 5.16. The second kappa shape index (κ2) is 13.4. The van der Waals surface area contributed by atoms with Crippen molar-refractivity contribution in [1.29, 1.82) is 0 Å². The fourth-order valence-corrected chi connectivity index (χ4v) is 3.07. The van der Waals surface area contributed by atoms with Crippen LogP contribution >= 0.6 is 0 Å². The van der Waals surface area contributed by atoms with Gasteiger partial charge in [0.15, 0.2) is 0 Å². The van der Waals surface area contributed by atoms with Crippen molar-refractivity contribution in [3.8, 4) is 12.3 Å². The first-order chi connectivity index (χ1) is 15.1. The van der Waals surface area contributed by atoms with Crippen molar-refractivity contribution >= 4 is 17.9 Å². The van der Waals surface area contributed by atoms with E-state index in [1.54, 1.807) is 45.0 Å². The second-order valence-electron chi connectivity index (χ2n) is 8.30. The van der Waals surface area contributed by atoms with Gasteiger partial charge in [0, 0.05) is 18.7 Å². The van der Waals surface area contributed by atoms with Gasteiger partial charge < -0.3 is 25.4 Å². The van der Waals surface area contributed by atoms with Crippen molar-refractivity contribution in [2.75, 3.05) is 26.2 Å². The zero-order valence-corrected chi connectivity index (χ0v) is 19.4. The van der Waals surface area contributed by atoms with Crippen LogP contribution in [0.2, 0.25) is 0 Å². The van der Waals surface area contributed by atoms with Crippen molar-refractivity contribution in [2.45, 2.75) is 58.6 Å². The Bertz CT molecular complexity index is 811. The SMILES string of the molecule is C#Cc1ccccc1C(C(=O)NCCCCC)N(CCO)C(=O)CNC(=O)OC(C)(C)C. The van der Waals surface area contributed by atoms with Crippen LogP contribution in [0.5, 0.6) is 0 Å². The normalized spacial score (nSPS) is 11.8. The van der Waals surface area contributed by atoms with Crippen LogP contribution in [0.3, 0.4) is 0 Å². The van der Waals surface area contributed by atoms with E-state index < -0.39 is 36.1 Å². The highest BCUT2D eigenvalue weighted by Crippen LogP contribution is 2.24. The number of aliphatic hydroxyl groups is 1. The van der Waals surface area contributed by atoms with Crippen molar-refractivity contribution in [1.82, 2.24) is 15.5 Å². The molecule has 1 aromatic carbocycles. The van der Waals surface area contributed by atoms with Gasteiger partial charge in [-0.25, -0.2) is 4.79 Å². The van der Waals surface area contributed by atoms with Crippen LogP contribution in [-0.2, 0) is 14.3 Å². The molecular weight excluding hydrogens is 410 g/mol. The van der Waals surface area contributed by atoms with Crippen LogP contribution in [0.15, 0.2) is 24.3 Å². The number of unbranched alkanes of at least 4 members (excludes halogenated alkanes) is 2. The molecule has 0 fully saturated rings. The van der Waals surface area contributed by atoms with E-state index >= 15 is 0 Å². The van der Waals surface area contributed by atoms with E-state index in [-0.39, 0.29) is 13.2 Å².